The largest absolute Gasteiger partial charge is 0.326 e. The molecule has 84 valence electrons. The standard InChI is InChI=1S/C13H19NO.H2/c1-3-4-5-6-13(15)14-12-9-7-11(2)8-10-12;/h7-10H,3-6H2,1-2H3,(H,14,15);1H. The van der Waals surface area contributed by atoms with Gasteiger partial charge in [-0.15, -0.1) is 0 Å². The molecular formula is C13H21NO. The molecular weight excluding hydrogens is 186 g/mol. The molecule has 0 aliphatic rings. The summed E-state index contributed by atoms with van der Waals surface area (Å²) in [6, 6.07) is 7.88. The summed E-state index contributed by atoms with van der Waals surface area (Å²) < 4.78 is 0. The summed E-state index contributed by atoms with van der Waals surface area (Å²) in [6.45, 7) is 4.17. The lowest BCUT2D eigenvalue weighted by molar-refractivity contribution is -0.116. The minimum absolute atomic E-state index is 0. The van der Waals surface area contributed by atoms with Crippen molar-refractivity contribution in [2.75, 3.05) is 5.32 Å². The maximum atomic E-state index is 11.5. The van der Waals surface area contributed by atoms with Crippen molar-refractivity contribution in [3.63, 3.8) is 0 Å². The Hall–Kier alpha value is -1.31. The number of nitrogens with one attached hydrogen (secondary N) is 1. The first-order valence-electron chi connectivity index (χ1n) is 5.59. The van der Waals surface area contributed by atoms with Gasteiger partial charge in [0.25, 0.3) is 0 Å². The first-order valence-corrected chi connectivity index (χ1v) is 5.59. The number of hydrogen-bond acceptors (Lipinski definition) is 1. The Kier molecular flexibility index (Phi) is 4.88. The van der Waals surface area contributed by atoms with E-state index >= 15 is 0 Å². The summed E-state index contributed by atoms with van der Waals surface area (Å²) >= 11 is 0. The molecule has 0 aliphatic carbocycles. The van der Waals surface area contributed by atoms with Gasteiger partial charge in [-0.2, -0.15) is 0 Å². The highest BCUT2D eigenvalue weighted by Crippen LogP contribution is 2.09. The van der Waals surface area contributed by atoms with Crippen LogP contribution in [0, 0.1) is 6.92 Å². The van der Waals surface area contributed by atoms with E-state index in [9.17, 15) is 4.79 Å². The van der Waals surface area contributed by atoms with E-state index in [0.29, 0.717) is 6.42 Å². The molecule has 1 rings (SSSR count). The van der Waals surface area contributed by atoms with Crippen LogP contribution in [0.2, 0.25) is 0 Å². The molecule has 0 unspecified atom stereocenters. The fraction of sp³-hybridized carbons (Fsp3) is 0.462. The summed E-state index contributed by atoms with van der Waals surface area (Å²) in [6.07, 6.45) is 3.88. The number of anilines is 1. The zero-order valence-corrected chi connectivity index (χ0v) is 9.55. The molecule has 0 heterocycles. The van der Waals surface area contributed by atoms with Crippen LogP contribution in [0.25, 0.3) is 0 Å². The summed E-state index contributed by atoms with van der Waals surface area (Å²) in [5.41, 5.74) is 2.10. The lowest BCUT2D eigenvalue weighted by atomic mass is 10.2. The molecule has 0 spiro atoms. The molecule has 0 atom stereocenters. The third kappa shape index (κ3) is 4.63. The van der Waals surface area contributed by atoms with Gasteiger partial charge < -0.3 is 5.32 Å². The predicted octanol–water partition coefficient (Wildman–Crippen LogP) is 3.76. The summed E-state index contributed by atoms with van der Waals surface area (Å²) in [4.78, 5) is 11.5. The van der Waals surface area contributed by atoms with E-state index in [1.54, 1.807) is 0 Å². The van der Waals surface area contributed by atoms with Crippen LogP contribution in [0.3, 0.4) is 0 Å². The molecule has 2 nitrogen and oxygen atoms in total. The first-order chi connectivity index (χ1) is 7.22. The number of benzene rings is 1. The lowest BCUT2D eigenvalue weighted by Crippen LogP contribution is -2.10. The zero-order valence-electron chi connectivity index (χ0n) is 9.55. The molecule has 15 heavy (non-hydrogen) atoms. The smallest absolute Gasteiger partial charge is 0.224 e. The second-order valence-corrected chi connectivity index (χ2v) is 3.87. The molecule has 1 aromatic carbocycles. The average molecular weight is 207 g/mol. The van der Waals surface area contributed by atoms with Gasteiger partial charge in [0.2, 0.25) is 5.91 Å². The van der Waals surface area contributed by atoms with E-state index < -0.39 is 0 Å². The van der Waals surface area contributed by atoms with Crippen molar-refractivity contribution in [1.82, 2.24) is 0 Å². The van der Waals surface area contributed by atoms with Gasteiger partial charge in [0.05, 0.1) is 0 Å². The van der Waals surface area contributed by atoms with Gasteiger partial charge in [-0.25, -0.2) is 0 Å². The highest BCUT2D eigenvalue weighted by molar-refractivity contribution is 5.90. The zero-order chi connectivity index (χ0) is 11.1. The predicted molar refractivity (Wildman–Crippen MR) is 66.1 cm³/mol. The highest BCUT2D eigenvalue weighted by atomic mass is 16.1. The van der Waals surface area contributed by atoms with Gasteiger partial charge in [-0.3, -0.25) is 4.79 Å². The number of hydrogen-bond donors (Lipinski definition) is 1. The van der Waals surface area contributed by atoms with Crippen molar-refractivity contribution in [2.24, 2.45) is 0 Å². The maximum Gasteiger partial charge on any atom is 0.224 e. The van der Waals surface area contributed by atoms with Crippen LogP contribution >= 0.6 is 0 Å². The van der Waals surface area contributed by atoms with Gasteiger partial charge in [0, 0.05) is 13.5 Å². The van der Waals surface area contributed by atoms with Crippen molar-refractivity contribution in [2.45, 2.75) is 39.5 Å². The molecule has 0 aliphatic heterocycles. The molecule has 0 saturated carbocycles. The van der Waals surface area contributed by atoms with Crippen LogP contribution in [0.5, 0.6) is 0 Å². The highest BCUT2D eigenvalue weighted by Gasteiger charge is 2.00. The first kappa shape index (κ1) is 11.8. The van der Waals surface area contributed by atoms with E-state index in [2.05, 4.69) is 12.2 Å². The maximum absolute atomic E-state index is 11.5. The number of carbonyl (C=O) groups excluding carboxylic acids is 1. The number of rotatable bonds is 5. The second-order valence-electron chi connectivity index (χ2n) is 3.87. The second kappa shape index (κ2) is 6.23. The average Bonchev–Trinajstić information content (AvgIpc) is 2.22. The van der Waals surface area contributed by atoms with Crippen molar-refractivity contribution in [3.05, 3.63) is 29.8 Å². The van der Waals surface area contributed by atoms with Crippen molar-refractivity contribution < 1.29 is 6.22 Å². The molecule has 0 radical (unpaired) electrons. The summed E-state index contributed by atoms with van der Waals surface area (Å²) in [5.74, 6) is 0.118. The number of amides is 1. The van der Waals surface area contributed by atoms with Crippen LogP contribution in [0.4, 0.5) is 5.69 Å². The van der Waals surface area contributed by atoms with Crippen molar-refractivity contribution >= 4 is 11.6 Å². The third-order valence-corrected chi connectivity index (χ3v) is 2.34. The van der Waals surface area contributed by atoms with Crippen molar-refractivity contribution in [3.8, 4) is 0 Å². The summed E-state index contributed by atoms with van der Waals surface area (Å²) in [7, 11) is 0. The van der Waals surface area contributed by atoms with Crippen LogP contribution in [0.15, 0.2) is 24.3 Å². The minimum atomic E-state index is 0. The lowest BCUT2D eigenvalue weighted by Gasteiger charge is -2.04. The Bertz CT molecular complexity index is 308. The monoisotopic (exact) mass is 207 g/mol. The van der Waals surface area contributed by atoms with Crippen LogP contribution in [-0.4, -0.2) is 5.91 Å². The SMILES string of the molecule is CCCCCC(=O)Nc1ccc(C)cc1.[HH]. The van der Waals surface area contributed by atoms with E-state index in [1.807, 2.05) is 31.2 Å². The van der Waals surface area contributed by atoms with Gasteiger partial charge in [-0.1, -0.05) is 37.5 Å². The molecule has 0 aromatic heterocycles. The number of unbranched alkanes of at least 4 members (excludes halogenated alkanes) is 2. The normalized spacial score (nSPS) is 10.0. The van der Waals surface area contributed by atoms with E-state index in [-0.39, 0.29) is 7.33 Å². The molecule has 1 N–H and O–H groups in total. The van der Waals surface area contributed by atoms with E-state index in [0.717, 1.165) is 24.9 Å². The quantitative estimate of drug-likeness (QED) is 0.732. The summed E-state index contributed by atoms with van der Waals surface area (Å²) in [5, 5.41) is 2.89. The van der Waals surface area contributed by atoms with Crippen molar-refractivity contribution in [1.29, 1.82) is 0 Å². The number of aryl methyl sites for hydroxylation is 1. The van der Waals surface area contributed by atoms with E-state index in [4.69, 9.17) is 0 Å². The Morgan fingerprint density at radius 3 is 2.53 bits per heavy atom. The van der Waals surface area contributed by atoms with E-state index in [1.165, 1.54) is 5.56 Å². The van der Waals surface area contributed by atoms with Crippen LogP contribution < -0.4 is 5.32 Å². The topological polar surface area (TPSA) is 29.1 Å². The number of carbonyl (C=O) groups is 1. The fourth-order valence-electron chi connectivity index (χ4n) is 1.40. The van der Waals surface area contributed by atoms with Gasteiger partial charge in [0.15, 0.2) is 0 Å². The Morgan fingerprint density at radius 2 is 1.93 bits per heavy atom. The fourth-order valence-corrected chi connectivity index (χ4v) is 1.40. The molecule has 1 aromatic rings. The Morgan fingerprint density at radius 1 is 1.27 bits per heavy atom. The molecule has 0 saturated heterocycles. The third-order valence-electron chi connectivity index (χ3n) is 2.34. The van der Waals surface area contributed by atoms with Gasteiger partial charge >= 0.3 is 0 Å². The molecule has 1 amide bonds. The molecule has 0 bridgehead atoms. The minimum Gasteiger partial charge on any atom is -0.326 e. The van der Waals surface area contributed by atoms with Gasteiger partial charge in [-0.05, 0) is 25.5 Å². The van der Waals surface area contributed by atoms with Crippen LogP contribution in [-0.2, 0) is 4.79 Å². The Balaban J connectivity index is 0.00000225. The Labute approximate surface area is 93.2 Å². The van der Waals surface area contributed by atoms with Crippen LogP contribution in [0.1, 0.15) is 39.6 Å². The molecule has 0 fully saturated rings. The van der Waals surface area contributed by atoms with Gasteiger partial charge in [0.1, 0.15) is 0 Å². The molecule has 2 heteroatoms.